The van der Waals surface area contributed by atoms with Crippen molar-refractivity contribution in [1.29, 1.82) is 0 Å². The van der Waals surface area contributed by atoms with Gasteiger partial charge in [-0.3, -0.25) is 9.59 Å². The summed E-state index contributed by atoms with van der Waals surface area (Å²) in [6, 6.07) is 0. The molecule has 0 radical (unpaired) electrons. The van der Waals surface area contributed by atoms with Crippen molar-refractivity contribution in [3.05, 3.63) is 85.1 Å². The van der Waals surface area contributed by atoms with Crippen LogP contribution in [0, 0.1) is 0 Å². The molecule has 0 aromatic carbocycles. The lowest BCUT2D eigenvalue weighted by Crippen LogP contribution is -2.40. The number of hydrogen-bond donors (Lipinski definition) is 1. The zero-order valence-electron chi connectivity index (χ0n) is 41.4. The molecule has 0 aliphatic heterocycles. The number of carboxylic acid groups (broad SMARTS) is 1. The van der Waals surface area contributed by atoms with Crippen molar-refractivity contribution >= 4 is 17.9 Å². The van der Waals surface area contributed by atoms with Crippen LogP contribution in [0.15, 0.2) is 85.1 Å². The fourth-order valence-electron chi connectivity index (χ4n) is 6.52. The zero-order valence-corrected chi connectivity index (χ0v) is 41.4. The van der Waals surface area contributed by atoms with Gasteiger partial charge in [0.25, 0.3) is 6.29 Å². The van der Waals surface area contributed by atoms with Gasteiger partial charge in [0.15, 0.2) is 6.10 Å². The van der Waals surface area contributed by atoms with Gasteiger partial charge in [-0.25, -0.2) is 4.79 Å². The van der Waals surface area contributed by atoms with Crippen molar-refractivity contribution < 1.29 is 42.9 Å². The SMILES string of the molecule is CC/C=C\C/C=C\C/C=C\C/C=C\C/C=C\C/C=C\C/C=C\CCCCCC(=O)OC(COC(=O)CCCCCCCCCCCCCCCC)COC(OCC[N+](C)(C)C)C(=O)O. The number of carbonyl (C=O) groups is 3. The number of allylic oxidation sites excluding steroid dienone is 14. The Morgan fingerprint density at radius 1 is 0.484 bits per heavy atom. The number of hydrogen-bond acceptors (Lipinski definition) is 7. The summed E-state index contributed by atoms with van der Waals surface area (Å²) >= 11 is 0. The number of carbonyl (C=O) groups excluding carboxylic acids is 2. The third kappa shape index (κ3) is 46.5. The second kappa shape index (κ2) is 46.0. The average molecular weight is 897 g/mol. The lowest BCUT2D eigenvalue weighted by molar-refractivity contribution is -0.870. The Kier molecular flexibility index (Phi) is 43.5. The monoisotopic (exact) mass is 897 g/mol. The van der Waals surface area contributed by atoms with E-state index in [1.165, 1.54) is 70.6 Å². The molecule has 0 saturated carbocycles. The number of nitrogens with zero attached hydrogens (tertiary/aromatic N) is 1. The molecule has 0 bridgehead atoms. The molecule has 9 heteroatoms. The van der Waals surface area contributed by atoms with Crippen molar-refractivity contribution in [3.8, 4) is 0 Å². The van der Waals surface area contributed by atoms with Gasteiger partial charge in [-0.15, -0.1) is 0 Å². The number of quaternary nitrogens is 1. The van der Waals surface area contributed by atoms with Crippen molar-refractivity contribution in [1.82, 2.24) is 0 Å². The summed E-state index contributed by atoms with van der Waals surface area (Å²) in [5, 5.41) is 9.66. The molecular weight excluding hydrogens is 803 g/mol. The van der Waals surface area contributed by atoms with Gasteiger partial charge < -0.3 is 28.5 Å². The first-order valence-corrected chi connectivity index (χ1v) is 25.3. The number of esters is 2. The van der Waals surface area contributed by atoms with Crippen LogP contribution >= 0.6 is 0 Å². The van der Waals surface area contributed by atoms with E-state index in [-0.39, 0.29) is 32.2 Å². The molecule has 0 rings (SSSR count). The first-order chi connectivity index (χ1) is 31.1. The van der Waals surface area contributed by atoms with Crippen LogP contribution in [-0.2, 0) is 33.3 Å². The third-order valence-electron chi connectivity index (χ3n) is 10.4. The summed E-state index contributed by atoms with van der Waals surface area (Å²) in [5.41, 5.74) is 0. The van der Waals surface area contributed by atoms with Crippen LogP contribution in [0.2, 0.25) is 0 Å². The molecule has 0 fully saturated rings. The lowest BCUT2D eigenvalue weighted by atomic mass is 10.0. The Morgan fingerprint density at radius 3 is 1.33 bits per heavy atom. The highest BCUT2D eigenvalue weighted by Gasteiger charge is 2.25. The minimum Gasteiger partial charge on any atom is -0.477 e. The van der Waals surface area contributed by atoms with Crippen molar-refractivity contribution in [3.63, 3.8) is 0 Å². The molecule has 366 valence electrons. The number of unbranched alkanes of at least 4 members (excludes halogenated alkanes) is 16. The Bertz CT molecular complexity index is 1320. The van der Waals surface area contributed by atoms with Crippen LogP contribution in [0.1, 0.15) is 187 Å². The van der Waals surface area contributed by atoms with Crippen LogP contribution in [0.5, 0.6) is 0 Å². The number of aliphatic carboxylic acids is 1. The van der Waals surface area contributed by atoms with E-state index < -0.39 is 24.3 Å². The normalized spacial score (nSPS) is 13.6. The highest BCUT2D eigenvalue weighted by Crippen LogP contribution is 2.14. The molecule has 0 heterocycles. The molecule has 0 aromatic heterocycles. The van der Waals surface area contributed by atoms with Gasteiger partial charge in [0.2, 0.25) is 0 Å². The highest BCUT2D eigenvalue weighted by atomic mass is 16.7. The van der Waals surface area contributed by atoms with Crippen molar-refractivity contribution in [2.45, 2.75) is 200 Å². The summed E-state index contributed by atoms with van der Waals surface area (Å²) in [6.07, 6.45) is 56.4. The molecule has 1 N–H and O–H groups in total. The largest absolute Gasteiger partial charge is 0.477 e. The minimum atomic E-state index is -1.52. The van der Waals surface area contributed by atoms with E-state index in [1.54, 1.807) is 0 Å². The summed E-state index contributed by atoms with van der Waals surface area (Å²) in [5.74, 6) is -2.06. The summed E-state index contributed by atoms with van der Waals surface area (Å²) in [7, 11) is 5.94. The van der Waals surface area contributed by atoms with Crippen LogP contribution in [0.25, 0.3) is 0 Å². The van der Waals surface area contributed by atoms with Gasteiger partial charge in [0.05, 0.1) is 34.4 Å². The second-order valence-electron chi connectivity index (χ2n) is 17.8. The molecule has 2 atom stereocenters. The molecule has 9 nitrogen and oxygen atoms in total. The first kappa shape index (κ1) is 60.5. The lowest BCUT2D eigenvalue weighted by Gasteiger charge is -2.25. The summed E-state index contributed by atoms with van der Waals surface area (Å²) in [4.78, 5) is 37.2. The van der Waals surface area contributed by atoms with E-state index >= 15 is 0 Å². The Labute approximate surface area is 391 Å². The number of rotatable bonds is 45. The second-order valence-corrected chi connectivity index (χ2v) is 17.8. The third-order valence-corrected chi connectivity index (χ3v) is 10.4. The molecule has 0 aromatic rings. The van der Waals surface area contributed by atoms with E-state index in [4.69, 9.17) is 18.9 Å². The fraction of sp³-hybridized carbons (Fsp3) is 0.691. The van der Waals surface area contributed by atoms with Gasteiger partial charge in [0, 0.05) is 12.8 Å². The first-order valence-electron chi connectivity index (χ1n) is 25.3. The molecule has 0 aliphatic carbocycles. The van der Waals surface area contributed by atoms with E-state index in [9.17, 15) is 19.5 Å². The van der Waals surface area contributed by atoms with Crippen molar-refractivity contribution in [2.75, 3.05) is 47.5 Å². The van der Waals surface area contributed by atoms with Crippen LogP contribution in [0.3, 0.4) is 0 Å². The van der Waals surface area contributed by atoms with E-state index in [1.807, 2.05) is 21.1 Å². The maximum atomic E-state index is 12.8. The maximum Gasteiger partial charge on any atom is 0.361 e. The molecule has 2 unspecified atom stereocenters. The van der Waals surface area contributed by atoms with Crippen molar-refractivity contribution in [2.24, 2.45) is 0 Å². The van der Waals surface area contributed by atoms with Gasteiger partial charge >= 0.3 is 17.9 Å². The Hall–Kier alpha value is -3.53. The Balaban J connectivity index is 4.43. The quantitative estimate of drug-likeness (QED) is 0.0212. The van der Waals surface area contributed by atoms with Crippen LogP contribution in [0.4, 0.5) is 0 Å². The van der Waals surface area contributed by atoms with Gasteiger partial charge in [0.1, 0.15) is 13.2 Å². The van der Waals surface area contributed by atoms with E-state index in [2.05, 4.69) is 98.9 Å². The summed E-state index contributed by atoms with van der Waals surface area (Å²) in [6.45, 7) is 4.71. The zero-order chi connectivity index (χ0) is 47.0. The highest BCUT2D eigenvalue weighted by molar-refractivity contribution is 5.71. The molecule has 0 spiro atoms. The van der Waals surface area contributed by atoms with Crippen LogP contribution in [-0.4, -0.2) is 87.4 Å². The van der Waals surface area contributed by atoms with Gasteiger partial charge in [-0.2, -0.15) is 0 Å². The molecule has 64 heavy (non-hydrogen) atoms. The van der Waals surface area contributed by atoms with Gasteiger partial charge in [-0.05, 0) is 70.6 Å². The Morgan fingerprint density at radius 2 is 0.891 bits per heavy atom. The number of carboxylic acids is 1. The predicted molar refractivity (Wildman–Crippen MR) is 267 cm³/mol. The van der Waals surface area contributed by atoms with E-state index in [0.29, 0.717) is 23.9 Å². The van der Waals surface area contributed by atoms with Crippen LogP contribution < -0.4 is 0 Å². The smallest absolute Gasteiger partial charge is 0.361 e. The maximum absolute atomic E-state index is 12.8. The summed E-state index contributed by atoms with van der Waals surface area (Å²) < 4.78 is 22.7. The standard InChI is InChI=1S/C55H93NO8/c1-6-8-10-12-14-16-18-20-22-23-24-25-26-27-28-29-30-31-32-34-36-38-40-42-44-46-53(58)64-51(50-63-55(54(59)60)61-48-47-56(3,4)5)49-62-52(57)45-43-41-39-37-35-33-21-19-17-15-13-11-9-7-2/h8,10,14,16,20,22,24-25,27-28,30-31,34,36,51,55H,6-7,9,11-13,15,17-19,21,23,26,29,32-33,35,37-50H2,1-5H3/p+1/b10-8-,16-14-,22-20-,25-24-,28-27-,31-30-,36-34-. The van der Waals surface area contributed by atoms with Gasteiger partial charge in [-0.1, -0.05) is 189 Å². The average Bonchev–Trinajstić information content (AvgIpc) is 3.26. The topological polar surface area (TPSA) is 108 Å². The molecule has 0 saturated heterocycles. The molecule has 0 amide bonds. The molecular formula is C55H94NO8+. The number of likely N-dealkylation sites (N-methyl/N-ethyl adjacent to an activating group) is 1. The van der Waals surface area contributed by atoms with E-state index in [0.717, 1.165) is 83.5 Å². The predicted octanol–water partition coefficient (Wildman–Crippen LogP) is 14.1. The molecule has 0 aliphatic rings. The number of ether oxygens (including phenoxy) is 4. The minimum absolute atomic E-state index is 0.177. The fourth-order valence-corrected chi connectivity index (χ4v) is 6.52.